The number of hydrogen-bond acceptors (Lipinski definition) is 3. The van der Waals surface area contributed by atoms with Crippen molar-refractivity contribution >= 4 is 11.6 Å². The predicted octanol–water partition coefficient (Wildman–Crippen LogP) is 3.23. The summed E-state index contributed by atoms with van der Waals surface area (Å²) in [6.45, 7) is 2.64. The molecule has 2 rings (SSSR count). The van der Waals surface area contributed by atoms with Crippen molar-refractivity contribution in [1.82, 2.24) is 0 Å². The van der Waals surface area contributed by atoms with Gasteiger partial charge in [-0.1, -0.05) is 11.8 Å². The number of hydrogen-bond donors (Lipinski definition) is 0. The molecule has 1 aromatic rings. The zero-order chi connectivity index (χ0) is 14.4. The summed E-state index contributed by atoms with van der Waals surface area (Å²) in [5, 5.41) is 0. The standard InChI is InChI=1S/C16H19ClO3/c1-12-5-6-15(20-12)11-19-16-8-7-14(18-2)10-13(16)4-3-9-17/h7-8,10,12,15H,5-6,9,11H2,1-2H3. The average Bonchev–Trinajstić information content (AvgIpc) is 2.89. The van der Waals surface area contributed by atoms with E-state index in [-0.39, 0.29) is 6.10 Å². The minimum atomic E-state index is 0.168. The van der Waals surface area contributed by atoms with Crippen LogP contribution in [0.15, 0.2) is 18.2 Å². The Hall–Kier alpha value is -1.37. The van der Waals surface area contributed by atoms with Gasteiger partial charge in [0.1, 0.15) is 18.1 Å². The normalized spacial score (nSPS) is 21.1. The Morgan fingerprint density at radius 2 is 2.25 bits per heavy atom. The zero-order valence-corrected chi connectivity index (χ0v) is 12.6. The monoisotopic (exact) mass is 294 g/mol. The van der Waals surface area contributed by atoms with Gasteiger partial charge in [0.15, 0.2) is 0 Å². The van der Waals surface area contributed by atoms with Crippen molar-refractivity contribution < 1.29 is 14.2 Å². The molecule has 0 spiro atoms. The molecular formula is C16H19ClO3. The van der Waals surface area contributed by atoms with E-state index >= 15 is 0 Å². The topological polar surface area (TPSA) is 27.7 Å². The SMILES string of the molecule is COc1ccc(OCC2CCC(C)O2)c(C#CCCl)c1. The van der Waals surface area contributed by atoms with Gasteiger partial charge in [0.2, 0.25) is 0 Å². The first kappa shape index (κ1) is 15.0. The minimum Gasteiger partial charge on any atom is -0.497 e. The summed E-state index contributed by atoms with van der Waals surface area (Å²) < 4.78 is 16.8. The van der Waals surface area contributed by atoms with Gasteiger partial charge in [-0.25, -0.2) is 0 Å². The van der Waals surface area contributed by atoms with E-state index in [1.54, 1.807) is 7.11 Å². The van der Waals surface area contributed by atoms with Crippen LogP contribution in [0.25, 0.3) is 0 Å². The highest BCUT2D eigenvalue weighted by molar-refractivity contribution is 6.19. The first-order chi connectivity index (χ1) is 9.72. The Morgan fingerprint density at radius 1 is 1.40 bits per heavy atom. The van der Waals surface area contributed by atoms with Gasteiger partial charge in [0.25, 0.3) is 0 Å². The van der Waals surface area contributed by atoms with E-state index in [9.17, 15) is 0 Å². The molecular weight excluding hydrogens is 276 g/mol. The molecule has 1 heterocycles. The third kappa shape index (κ3) is 4.06. The molecule has 1 aliphatic rings. The molecule has 0 radical (unpaired) electrons. The molecule has 2 unspecified atom stereocenters. The van der Waals surface area contributed by atoms with Crippen LogP contribution in [0.4, 0.5) is 0 Å². The van der Waals surface area contributed by atoms with Crippen LogP contribution in [0.5, 0.6) is 11.5 Å². The molecule has 1 saturated heterocycles. The summed E-state index contributed by atoms with van der Waals surface area (Å²) in [6, 6.07) is 5.59. The van der Waals surface area contributed by atoms with Crippen LogP contribution in [0, 0.1) is 11.8 Å². The van der Waals surface area contributed by atoms with Crippen LogP contribution >= 0.6 is 11.6 Å². The van der Waals surface area contributed by atoms with Crippen molar-refractivity contribution in [3.8, 4) is 23.3 Å². The molecule has 108 valence electrons. The predicted molar refractivity (Wildman–Crippen MR) is 79.7 cm³/mol. The molecule has 1 fully saturated rings. The average molecular weight is 295 g/mol. The first-order valence-electron chi connectivity index (χ1n) is 6.74. The minimum absolute atomic E-state index is 0.168. The van der Waals surface area contributed by atoms with Gasteiger partial charge in [-0.2, -0.15) is 0 Å². The Morgan fingerprint density at radius 3 is 2.90 bits per heavy atom. The van der Waals surface area contributed by atoms with Crippen LogP contribution in [-0.4, -0.2) is 31.8 Å². The summed E-state index contributed by atoms with van der Waals surface area (Å²) in [6.07, 6.45) is 2.63. The Bertz CT molecular complexity index is 504. The number of methoxy groups -OCH3 is 1. The molecule has 0 bridgehead atoms. The highest BCUT2D eigenvalue weighted by Gasteiger charge is 2.22. The molecule has 1 aromatic carbocycles. The van der Waals surface area contributed by atoms with Gasteiger partial charge < -0.3 is 14.2 Å². The van der Waals surface area contributed by atoms with E-state index in [2.05, 4.69) is 18.8 Å². The Balaban J connectivity index is 2.05. The highest BCUT2D eigenvalue weighted by atomic mass is 35.5. The lowest BCUT2D eigenvalue weighted by Crippen LogP contribution is -2.18. The number of ether oxygens (including phenoxy) is 3. The van der Waals surface area contributed by atoms with Crippen LogP contribution in [-0.2, 0) is 4.74 Å². The van der Waals surface area contributed by atoms with Crippen LogP contribution in [0.1, 0.15) is 25.3 Å². The fraction of sp³-hybridized carbons (Fsp3) is 0.500. The lowest BCUT2D eigenvalue weighted by Gasteiger charge is -2.14. The molecule has 3 nitrogen and oxygen atoms in total. The Labute approximate surface area is 125 Å². The van der Waals surface area contributed by atoms with Crippen molar-refractivity contribution in [2.24, 2.45) is 0 Å². The maximum absolute atomic E-state index is 5.84. The van der Waals surface area contributed by atoms with Gasteiger partial charge in [-0.05, 0) is 38.0 Å². The third-order valence-corrected chi connectivity index (χ3v) is 3.35. The van der Waals surface area contributed by atoms with Gasteiger partial charge in [-0.3, -0.25) is 0 Å². The second-order valence-electron chi connectivity index (χ2n) is 4.75. The number of halogens is 1. The lowest BCUT2D eigenvalue weighted by molar-refractivity contribution is 0.0264. The fourth-order valence-electron chi connectivity index (χ4n) is 2.18. The molecule has 0 amide bonds. The van der Waals surface area contributed by atoms with E-state index in [1.807, 2.05) is 18.2 Å². The van der Waals surface area contributed by atoms with Gasteiger partial charge >= 0.3 is 0 Å². The molecule has 20 heavy (non-hydrogen) atoms. The first-order valence-corrected chi connectivity index (χ1v) is 7.27. The van der Waals surface area contributed by atoms with Crippen LogP contribution in [0.3, 0.4) is 0 Å². The number of rotatable bonds is 4. The Kier molecular flexibility index (Phi) is 5.58. The maximum atomic E-state index is 5.84. The van der Waals surface area contributed by atoms with Crippen LogP contribution in [0.2, 0.25) is 0 Å². The molecule has 0 aliphatic carbocycles. The van der Waals surface area contributed by atoms with Gasteiger partial charge in [0.05, 0.1) is 30.8 Å². The van der Waals surface area contributed by atoms with Crippen molar-refractivity contribution in [3.63, 3.8) is 0 Å². The summed E-state index contributed by atoms with van der Waals surface area (Å²) in [4.78, 5) is 0. The second-order valence-corrected chi connectivity index (χ2v) is 5.02. The third-order valence-electron chi connectivity index (χ3n) is 3.22. The number of alkyl halides is 1. The van der Waals surface area contributed by atoms with E-state index < -0.39 is 0 Å². The quantitative estimate of drug-likeness (QED) is 0.630. The van der Waals surface area contributed by atoms with E-state index in [0.29, 0.717) is 18.6 Å². The molecule has 0 N–H and O–H groups in total. The summed E-state index contributed by atoms with van der Waals surface area (Å²) in [5.74, 6) is 7.62. The smallest absolute Gasteiger partial charge is 0.135 e. The molecule has 4 heteroatoms. The van der Waals surface area contributed by atoms with Crippen molar-refractivity contribution in [1.29, 1.82) is 0 Å². The van der Waals surface area contributed by atoms with Crippen molar-refractivity contribution in [2.75, 3.05) is 19.6 Å². The molecule has 2 atom stereocenters. The molecule has 0 saturated carbocycles. The van der Waals surface area contributed by atoms with Crippen molar-refractivity contribution in [2.45, 2.75) is 32.0 Å². The largest absolute Gasteiger partial charge is 0.497 e. The molecule has 0 aromatic heterocycles. The van der Waals surface area contributed by atoms with E-state index in [0.717, 1.165) is 29.9 Å². The van der Waals surface area contributed by atoms with E-state index in [1.165, 1.54) is 0 Å². The van der Waals surface area contributed by atoms with Gasteiger partial charge in [0, 0.05) is 0 Å². The van der Waals surface area contributed by atoms with E-state index in [4.69, 9.17) is 25.8 Å². The number of benzene rings is 1. The molecule has 1 aliphatic heterocycles. The zero-order valence-electron chi connectivity index (χ0n) is 11.8. The summed E-state index contributed by atoms with van der Waals surface area (Å²) in [5.41, 5.74) is 0.788. The van der Waals surface area contributed by atoms with Crippen LogP contribution < -0.4 is 9.47 Å². The lowest BCUT2D eigenvalue weighted by atomic mass is 10.2. The fourth-order valence-corrected chi connectivity index (χ4v) is 2.25. The maximum Gasteiger partial charge on any atom is 0.135 e. The highest BCUT2D eigenvalue weighted by Crippen LogP contribution is 2.25. The van der Waals surface area contributed by atoms with Gasteiger partial charge in [-0.15, -0.1) is 11.6 Å². The summed E-state index contributed by atoms with van der Waals surface area (Å²) >= 11 is 5.61. The second kappa shape index (κ2) is 7.42. The summed E-state index contributed by atoms with van der Waals surface area (Å²) in [7, 11) is 1.63. The van der Waals surface area contributed by atoms with Crippen molar-refractivity contribution in [3.05, 3.63) is 23.8 Å².